The van der Waals surface area contributed by atoms with Crippen molar-refractivity contribution in [3.8, 4) is 12.3 Å². The van der Waals surface area contributed by atoms with Crippen molar-refractivity contribution in [2.75, 3.05) is 6.54 Å². The van der Waals surface area contributed by atoms with Crippen LogP contribution in [0.25, 0.3) is 0 Å². The molecular formula is C16H25NO. The fourth-order valence-electron chi connectivity index (χ4n) is 2.40. The number of rotatable bonds is 7. The first-order valence-electron chi connectivity index (χ1n) is 6.85. The minimum absolute atomic E-state index is 0.371. The molecule has 1 unspecified atom stereocenters. The molecule has 100 valence electrons. The van der Waals surface area contributed by atoms with E-state index < -0.39 is 0 Å². The third kappa shape index (κ3) is 3.65. The Hall–Kier alpha value is -1.20. The monoisotopic (exact) mass is 247 g/mol. The third-order valence-electron chi connectivity index (χ3n) is 3.42. The van der Waals surface area contributed by atoms with E-state index in [2.05, 4.69) is 32.0 Å². The zero-order valence-corrected chi connectivity index (χ0v) is 12.1. The van der Waals surface area contributed by atoms with Gasteiger partial charge in [0.15, 0.2) is 0 Å². The van der Waals surface area contributed by atoms with Gasteiger partial charge in [0.2, 0.25) is 0 Å². The normalized spacial score (nSPS) is 12.4. The van der Waals surface area contributed by atoms with Gasteiger partial charge in [0.05, 0.1) is 0 Å². The highest BCUT2D eigenvalue weighted by Gasteiger charge is 2.19. The van der Waals surface area contributed by atoms with Crippen LogP contribution in [-0.4, -0.2) is 6.54 Å². The third-order valence-corrected chi connectivity index (χ3v) is 3.42. The molecule has 1 atom stereocenters. The molecule has 1 aromatic rings. The van der Waals surface area contributed by atoms with Crippen molar-refractivity contribution >= 4 is 0 Å². The van der Waals surface area contributed by atoms with Crippen molar-refractivity contribution in [3.05, 3.63) is 22.6 Å². The summed E-state index contributed by atoms with van der Waals surface area (Å²) in [7, 11) is 0. The summed E-state index contributed by atoms with van der Waals surface area (Å²) in [5.74, 6) is 4.79. The predicted octanol–water partition coefficient (Wildman–Crippen LogP) is 4.05. The molecule has 0 aliphatic heterocycles. The Morgan fingerprint density at radius 3 is 2.50 bits per heavy atom. The summed E-state index contributed by atoms with van der Waals surface area (Å²) in [6, 6.07) is 0.371. The Bertz CT molecular complexity index is 411. The van der Waals surface area contributed by atoms with Crippen molar-refractivity contribution in [1.29, 1.82) is 0 Å². The van der Waals surface area contributed by atoms with Crippen molar-refractivity contribution in [1.82, 2.24) is 5.32 Å². The molecule has 1 N–H and O–H groups in total. The maximum Gasteiger partial charge on any atom is 0.106 e. The molecule has 0 aliphatic carbocycles. The van der Waals surface area contributed by atoms with Crippen LogP contribution in [-0.2, 0) is 0 Å². The van der Waals surface area contributed by atoms with Gasteiger partial charge in [-0.15, -0.1) is 12.3 Å². The standard InChI is InChI=1S/C16H25NO/c1-6-8-9-10-15(17-11-7-2)16-12(3)13(4)18-14(16)5/h1,15,17H,7-11H2,2-5H3. The Balaban J connectivity index is 2.83. The maximum absolute atomic E-state index is 5.73. The van der Waals surface area contributed by atoms with Gasteiger partial charge in [-0.1, -0.05) is 6.92 Å². The van der Waals surface area contributed by atoms with E-state index in [9.17, 15) is 0 Å². The molecule has 0 bridgehead atoms. The van der Waals surface area contributed by atoms with Crippen LogP contribution in [0.3, 0.4) is 0 Å². The topological polar surface area (TPSA) is 25.2 Å². The first-order valence-corrected chi connectivity index (χ1v) is 6.85. The number of nitrogens with one attached hydrogen (secondary N) is 1. The highest BCUT2D eigenvalue weighted by Crippen LogP contribution is 2.30. The van der Waals surface area contributed by atoms with Gasteiger partial charge in [0.1, 0.15) is 11.5 Å². The molecule has 2 heteroatoms. The smallest absolute Gasteiger partial charge is 0.106 e. The molecule has 1 aromatic heterocycles. The van der Waals surface area contributed by atoms with Crippen LogP contribution in [0.15, 0.2) is 4.42 Å². The van der Waals surface area contributed by atoms with Gasteiger partial charge >= 0.3 is 0 Å². The lowest BCUT2D eigenvalue weighted by molar-refractivity contribution is 0.462. The molecule has 0 amide bonds. The summed E-state index contributed by atoms with van der Waals surface area (Å²) in [5.41, 5.74) is 2.61. The van der Waals surface area contributed by atoms with Gasteiger partial charge in [-0.25, -0.2) is 0 Å². The fourth-order valence-corrected chi connectivity index (χ4v) is 2.40. The molecule has 0 saturated carbocycles. The summed E-state index contributed by atoms with van der Waals surface area (Å²) in [6.45, 7) is 9.44. The number of unbranched alkanes of at least 4 members (excludes halogenated alkanes) is 1. The van der Waals surface area contributed by atoms with Crippen LogP contribution < -0.4 is 5.32 Å². The molecule has 0 fully saturated rings. The molecule has 0 spiro atoms. The summed E-state index contributed by atoms with van der Waals surface area (Å²) < 4.78 is 5.73. The van der Waals surface area contributed by atoms with Gasteiger partial charge in [0, 0.05) is 18.0 Å². The van der Waals surface area contributed by atoms with E-state index in [-0.39, 0.29) is 0 Å². The first-order chi connectivity index (χ1) is 8.61. The van der Waals surface area contributed by atoms with E-state index in [1.54, 1.807) is 0 Å². The Kier molecular flexibility index (Phi) is 6.01. The van der Waals surface area contributed by atoms with Crippen LogP contribution in [0, 0.1) is 33.1 Å². The largest absolute Gasteiger partial charge is 0.466 e. The average Bonchev–Trinajstić information content (AvgIpc) is 2.59. The van der Waals surface area contributed by atoms with E-state index >= 15 is 0 Å². The molecule has 18 heavy (non-hydrogen) atoms. The molecule has 2 nitrogen and oxygen atoms in total. The summed E-state index contributed by atoms with van der Waals surface area (Å²) in [5, 5.41) is 3.61. The number of terminal acetylenes is 1. The molecule has 0 radical (unpaired) electrons. The number of aryl methyl sites for hydroxylation is 2. The quantitative estimate of drug-likeness (QED) is 0.581. The zero-order chi connectivity index (χ0) is 13.5. The highest BCUT2D eigenvalue weighted by molar-refractivity contribution is 5.34. The van der Waals surface area contributed by atoms with Crippen molar-refractivity contribution in [3.63, 3.8) is 0 Å². The summed E-state index contributed by atoms with van der Waals surface area (Å²) in [6.07, 6.45) is 9.45. The van der Waals surface area contributed by atoms with E-state index in [0.29, 0.717) is 6.04 Å². The number of furan rings is 1. The SMILES string of the molecule is C#CCCCC(NCCC)c1c(C)oc(C)c1C. The molecule has 1 rings (SSSR count). The first kappa shape index (κ1) is 14.9. The van der Waals surface area contributed by atoms with Gasteiger partial charge in [-0.3, -0.25) is 0 Å². The second-order valence-corrected chi connectivity index (χ2v) is 4.86. The molecular weight excluding hydrogens is 222 g/mol. The average molecular weight is 247 g/mol. The lowest BCUT2D eigenvalue weighted by Crippen LogP contribution is -2.23. The second-order valence-electron chi connectivity index (χ2n) is 4.86. The molecule has 1 heterocycles. The van der Waals surface area contributed by atoms with Crippen molar-refractivity contribution < 1.29 is 4.42 Å². The van der Waals surface area contributed by atoms with Crippen molar-refractivity contribution in [2.45, 2.75) is 59.4 Å². The maximum atomic E-state index is 5.73. The fraction of sp³-hybridized carbons (Fsp3) is 0.625. The highest BCUT2D eigenvalue weighted by atomic mass is 16.3. The molecule has 0 saturated heterocycles. The van der Waals surface area contributed by atoms with Gasteiger partial charge in [-0.05, 0) is 52.1 Å². The van der Waals surface area contributed by atoms with Gasteiger partial charge in [0.25, 0.3) is 0 Å². The van der Waals surface area contributed by atoms with E-state index in [4.69, 9.17) is 10.8 Å². The Morgan fingerprint density at radius 2 is 2.00 bits per heavy atom. The van der Waals surface area contributed by atoms with E-state index in [0.717, 1.165) is 43.7 Å². The molecule has 0 aliphatic rings. The zero-order valence-electron chi connectivity index (χ0n) is 12.1. The lowest BCUT2D eigenvalue weighted by Gasteiger charge is -2.19. The Labute approximate surface area is 111 Å². The second kappa shape index (κ2) is 7.28. The number of hydrogen-bond acceptors (Lipinski definition) is 2. The van der Waals surface area contributed by atoms with Crippen molar-refractivity contribution in [2.24, 2.45) is 0 Å². The number of hydrogen-bond donors (Lipinski definition) is 1. The summed E-state index contributed by atoms with van der Waals surface area (Å²) >= 11 is 0. The van der Waals surface area contributed by atoms with Crippen LogP contribution in [0.4, 0.5) is 0 Å². The molecule has 0 aromatic carbocycles. The lowest BCUT2D eigenvalue weighted by atomic mass is 9.97. The van der Waals surface area contributed by atoms with E-state index in [1.165, 1.54) is 11.1 Å². The van der Waals surface area contributed by atoms with Gasteiger partial charge < -0.3 is 9.73 Å². The summed E-state index contributed by atoms with van der Waals surface area (Å²) in [4.78, 5) is 0. The van der Waals surface area contributed by atoms with Crippen LogP contribution >= 0.6 is 0 Å². The van der Waals surface area contributed by atoms with Gasteiger partial charge in [-0.2, -0.15) is 0 Å². The van der Waals surface area contributed by atoms with Crippen LogP contribution in [0.1, 0.15) is 61.3 Å². The van der Waals surface area contributed by atoms with E-state index in [1.807, 2.05) is 6.92 Å². The predicted molar refractivity (Wildman–Crippen MR) is 76.6 cm³/mol. The van der Waals surface area contributed by atoms with Crippen LogP contribution in [0.2, 0.25) is 0 Å². The van der Waals surface area contributed by atoms with Crippen LogP contribution in [0.5, 0.6) is 0 Å². The minimum atomic E-state index is 0.371. The minimum Gasteiger partial charge on any atom is -0.466 e. The Morgan fingerprint density at radius 1 is 1.28 bits per heavy atom.